The lowest BCUT2D eigenvalue weighted by Crippen LogP contribution is -2.29. The molecule has 1 aliphatic heterocycles. The first-order valence-electron chi connectivity index (χ1n) is 5.00. The number of aryl methyl sites for hydroxylation is 1. The van der Waals surface area contributed by atoms with Gasteiger partial charge in [-0.1, -0.05) is 11.6 Å². The third-order valence-corrected chi connectivity index (χ3v) is 3.22. The molecule has 2 aliphatic rings. The van der Waals surface area contributed by atoms with E-state index < -0.39 is 0 Å². The molecule has 0 bridgehead atoms. The van der Waals surface area contributed by atoms with Gasteiger partial charge in [0.2, 0.25) is 0 Å². The number of carbonyl (C=O) groups is 1. The van der Waals surface area contributed by atoms with Gasteiger partial charge in [0.1, 0.15) is 12.4 Å². The number of Topliss-reactive ketones (excluding diaryl/α,β-unsaturated/α-hetero) is 1. The standard InChI is InChI=1S/C12H12O2/c1-8-2-3-10-9(6-8)11(13)12(4-5-12)7-14-10/h2-3,6H,4-5,7H2,1H3. The van der Waals surface area contributed by atoms with Crippen LogP contribution >= 0.6 is 0 Å². The summed E-state index contributed by atoms with van der Waals surface area (Å²) in [6.45, 7) is 2.59. The van der Waals surface area contributed by atoms with E-state index in [2.05, 4.69) is 0 Å². The Bertz CT molecular complexity index is 416. The summed E-state index contributed by atoms with van der Waals surface area (Å²) in [5.41, 5.74) is 1.77. The molecule has 0 aromatic heterocycles. The van der Waals surface area contributed by atoms with E-state index in [0.717, 1.165) is 29.7 Å². The second kappa shape index (κ2) is 2.38. The number of ketones is 1. The lowest BCUT2D eigenvalue weighted by atomic mass is 9.91. The number of hydrogen-bond donors (Lipinski definition) is 0. The van der Waals surface area contributed by atoms with Crippen molar-refractivity contribution in [2.75, 3.05) is 6.61 Å². The van der Waals surface area contributed by atoms with E-state index in [-0.39, 0.29) is 5.41 Å². The van der Waals surface area contributed by atoms with E-state index in [9.17, 15) is 4.79 Å². The molecule has 0 unspecified atom stereocenters. The van der Waals surface area contributed by atoms with Gasteiger partial charge in [-0.05, 0) is 31.9 Å². The van der Waals surface area contributed by atoms with Crippen LogP contribution in [-0.4, -0.2) is 12.4 Å². The van der Waals surface area contributed by atoms with Gasteiger partial charge in [0.05, 0.1) is 11.0 Å². The van der Waals surface area contributed by atoms with Gasteiger partial charge >= 0.3 is 0 Å². The van der Waals surface area contributed by atoms with E-state index in [1.807, 2.05) is 25.1 Å². The first-order chi connectivity index (χ1) is 6.71. The first kappa shape index (κ1) is 8.04. The largest absolute Gasteiger partial charge is 0.492 e. The lowest BCUT2D eigenvalue weighted by molar-refractivity contribution is 0.0798. The maximum Gasteiger partial charge on any atom is 0.176 e. The molecule has 2 heteroatoms. The van der Waals surface area contributed by atoms with E-state index in [1.54, 1.807) is 0 Å². The monoisotopic (exact) mass is 188 g/mol. The maximum absolute atomic E-state index is 12.1. The second-order valence-corrected chi connectivity index (χ2v) is 4.40. The topological polar surface area (TPSA) is 26.3 Å². The molecule has 2 nitrogen and oxygen atoms in total. The van der Waals surface area contributed by atoms with Crippen LogP contribution in [0.3, 0.4) is 0 Å². The summed E-state index contributed by atoms with van der Waals surface area (Å²) in [5, 5.41) is 0. The van der Waals surface area contributed by atoms with Crippen LogP contribution in [0, 0.1) is 12.3 Å². The highest BCUT2D eigenvalue weighted by molar-refractivity contribution is 6.05. The second-order valence-electron chi connectivity index (χ2n) is 4.40. The molecule has 1 aromatic rings. The number of hydrogen-bond acceptors (Lipinski definition) is 2. The van der Waals surface area contributed by atoms with Crippen molar-refractivity contribution in [3.63, 3.8) is 0 Å². The van der Waals surface area contributed by atoms with Crippen LogP contribution in [0.25, 0.3) is 0 Å². The summed E-state index contributed by atoms with van der Waals surface area (Å²) in [6.07, 6.45) is 2.00. The summed E-state index contributed by atoms with van der Waals surface area (Å²) in [6, 6.07) is 5.83. The molecule has 1 heterocycles. The van der Waals surface area contributed by atoms with Gasteiger partial charge in [-0.15, -0.1) is 0 Å². The lowest BCUT2D eigenvalue weighted by Gasteiger charge is -2.23. The van der Waals surface area contributed by atoms with Crippen LogP contribution in [0.5, 0.6) is 5.75 Å². The Kier molecular flexibility index (Phi) is 1.37. The molecule has 72 valence electrons. The molecule has 0 N–H and O–H groups in total. The van der Waals surface area contributed by atoms with E-state index in [1.165, 1.54) is 0 Å². The Morgan fingerprint density at radius 1 is 1.36 bits per heavy atom. The zero-order valence-electron chi connectivity index (χ0n) is 8.17. The van der Waals surface area contributed by atoms with Crippen molar-refractivity contribution in [1.29, 1.82) is 0 Å². The average molecular weight is 188 g/mol. The molecule has 14 heavy (non-hydrogen) atoms. The number of carbonyl (C=O) groups excluding carboxylic acids is 1. The van der Waals surface area contributed by atoms with Crippen molar-refractivity contribution >= 4 is 5.78 Å². The number of ether oxygens (including phenoxy) is 1. The van der Waals surface area contributed by atoms with Crippen LogP contribution in [0.2, 0.25) is 0 Å². The average Bonchev–Trinajstić information content (AvgIpc) is 2.94. The fourth-order valence-electron chi connectivity index (χ4n) is 2.04. The highest BCUT2D eigenvalue weighted by Crippen LogP contribution is 2.52. The zero-order chi connectivity index (χ0) is 9.76. The smallest absolute Gasteiger partial charge is 0.176 e. The van der Waals surface area contributed by atoms with E-state index in [4.69, 9.17) is 4.74 Å². The molecule has 0 saturated heterocycles. The SMILES string of the molecule is Cc1ccc2c(c1)C(=O)C1(CC1)CO2. The molecule has 0 radical (unpaired) electrons. The molecular formula is C12H12O2. The molecule has 1 aliphatic carbocycles. The highest BCUT2D eigenvalue weighted by atomic mass is 16.5. The van der Waals surface area contributed by atoms with Gasteiger partial charge < -0.3 is 4.74 Å². The summed E-state index contributed by atoms with van der Waals surface area (Å²) >= 11 is 0. The van der Waals surface area contributed by atoms with Gasteiger partial charge in [0.15, 0.2) is 5.78 Å². The Morgan fingerprint density at radius 2 is 2.14 bits per heavy atom. The summed E-state index contributed by atoms with van der Waals surface area (Å²) in [7, 11) is 0. The fraction of sp³-hybridized carbons (Fsp3) is 0.417. The minimum Gasteiger partial charge on any atom is -0.492 e. The molecule has 0 amide bonds. The van der Waals surface area contributed by atoms with Crippen molar-refractivity contribution in [3.05, 3.63) is 29.3 Å². The van der Waals surface area contributed by atoms with Gasteiger partial charge in [-0.3, -0.25) is 4.79 Å². The Balaban J connectivity index is 2.13. The molecule has 1 aromatic carbocycles. The van der Waals surface area contributed by atoms with Gasteiger partial charge in [0, 0.05) is 0 Å². The predicted molar refractivity (Wildman–Crippen MR) is 52.7 cm³/mol. The van der Waals surface area contributed by atoms with Crippen molar-refractivity contribution < 1.29 is 9.53 Å². The Morgan fingerprint density at radius 3 is 2.86 bits per heavy atom. The quantitative estimate of drug-likeness (QED) is 0.624. The molecule has 1 spiro atoms. The minimum absolute atomic E-state index is 0.138. The number of benzene rings is 1. The van der Waals surface area contributed by atoms with Crippen molar-refractivity contribution in [3.8, 4) is 5.75 Å². The van der Waals surface area contributed by atoms with E-state index in [0.29, 0.717) is 12.4 Å². The summed E-state index contributed by atoms with van der Waals surface area (Å²) in [5.74, 6) is 1.06. The molecular weight excluding hydrogens is 176 g/mol. The van der Waals surface area contributed by atoms with Crippen molar-refractivity contribution in [2.45, 2.75) is 19.8 Å². The van der Waals surface area contributed by atoms with Crippen molar-refractivity contribution in [1.82, 2.24) is 0 Å². The molecule has 1 saturated carbocycles. The fourth-order valence-corrected chi connectivity index (χ4v) is 2.04. The maximum atomic E-state index is 12.1. The van der Waals surface area contributed by atoms with Gasteiger partial charge in [0.25, 0.3) is 0 Å². The Labute approximate surface area is 82.9 Å². The van der Waals surface area contributed by atoms with Crippen LogP contribution in [0.15, 0.2) is 18.2 Å². The zero-order valence-corrected chi connectivity index (χ0v) is 8.17. The third kappa shape index (κ3) is 0.939. The predicted octanol–water partition coefficient (Wildman–Crippen LogP) is 2.35. The number of rotatable bonds is 0. The van der Waals surface area contributed by atoms with Crippen LogP contribution in [-0.2, 0) is 0 Å². The van der Waals surface area contributed by atoms with E-state index >= 15 is 0 Å². The van der Waals surface area contributed by atoms with Crippen LogP contribution < -0.4 is 4.74 Å². The summed E-state index contributed by atoms with van der Waals surface area (Å²) in [4.78, 5) is 12.1. The van der Waals surface area contributed by atoms with Crippen LogP contribution in [0.1, 0.15) is 28.8 Å². The minimum atomic E-state index is -0.138. The van der Waals surface area contributed by atoms with Gasteiger partial charge in [-0.2, -0.15) is 0 Å². The highest BCUT2D eigenvalue weighted by Gasteiger charge is 2.53. The molecule has 3 rings (SSSR count). The summed E-state index contributed by atoms with van der Waals surface area (Å²) < 4.78 is 5.61. The Hall–Kier alpha value is -1.31. The third-order valence-electron chi connectivity index (χ3n) is 3.22. The molecule has 0 atom stereocenters. The molecule has 1 fully saturated rings. The number of fused-ring (bicyclic) bond motifs is 1. The van der Waals surface area contributed by atoms with Crippen LogP contribution in [0.4, 0.5) is 0 Å². The van der Waals surface area contributed by atoms with Gasteiger partial charge in [-0.25, -0.2) is 0 Å². The van der Waals surface area contributed by atoms with Crippen molar-refractivity contribution in [2.24, 2.45) is 5.41 Å². The normalized spacial score (nSPS) is 21.6. The first-order valence-corrected chi connectivity index (χ1v) is 5.00.